The summed E-state index contributed by atoms with van der Waals surface area (Å²) in [6, 6.07) is 20.4. The first-order chi connectivity index (χ1) is 9.18. The molecule has 5 heteroatoms. The number of hydrogen-bond acceptors (Lipinski definition) is 3. The van der Waals surface area contributed by atoms with Crippen molar-refractivity contribution in [1.29, 1.82) is 0 Å². The van der Waals surface area contributed by atoms with E-state index in [1.54, 1.807) is 0 Å². The normalized spacial score (nSPS) is 9.26. The highest BCUT2D eigenvalue weighted by molar-refractivity contribution is 5.15. The van der Waals surface area contributed by atoms with E-state index in [1.807, 2.05) is 36.4 Å². The Hall–Kier alpha value is -2.40. The number of ether oxygens (including phenoxy) is 1. The quantitative estimate of drug-likeness (QED) is 0.678. The Morgan fingerprint density at radius 1 is 0.895 bits per heavy atom. The predicted octanol–water partition coefficient (Wildman–Crippen LogP) is 3.06. The molecular weight excluding hydrogens is 246 g/mol. The highest BCUT2D eigenvalue weighted by Gasteiger charge is 1.93. The van der Waals surface area contributed by atoms with E-state index in [0.29, 0.717) is 13.2 Å². The molecule has 2 rings (SSSR count). The standard InChI is InChI=1S/C14H14O.HNO3/c1-3-7-13(8-4-1)11-15-12-14-9-5-2-6-10-14;2-1(3)4/h1-10H,11-12H2;(H,2,3,4). The molecular formula is C14H15NO4. The first kappa shape index (κ1) is 14.7. The van der Waals surface area contributed by atoms with Gasteiger partial charge in [-0.2, -0.15) is 0 Å². The van der Waals surface area contributed by atoms with E-state index in [9.17, 15) is 0 Å². The van der Waals surface area contributed by atoms with Gasteiger partial charge in [0.25, 0.3) is 5.09 Å². The van der Waals surface area contributed by atoms with Crippen molar-refractivity contribution in [3.05, 3.63) is 81.9 Å². The first-order valence-electron chi connectivity index (χ1n) is 5.67. The Balaban J connectivity index is 0.000000399. The van der Waals surface area contributed by atoms with Crippen molar-refractivity contribution in [2.75, 3.05) is 0 Å². The van der Waals surface area contributed by atoms with Gasteiger partial charge in [0, 0.05) is 0 Å². The SMILES string of the molecule is O=[N+]([O-])O.c1ccc(COCc2ccccc2)cc1. The van der Waals surface area contributed by atoms with E-state index in [2.05, 4.69) is 24.3 Å². The van der Waals surface area contributed by atoms with Crippen LogP contribution in [-0.2, 0) is 18.0 Å². The average molecular weight is 261 g/mol. The zero-order chi connectivity index (χ0) is 13.9. The lowest BCUT2D eigenvalue weighted by molar-refractivity contribution is -0.742. The number of benzene rings is 2. The third kappa shape index (κ3) is 7.51. The van der Waals surface area contributed by atoms with E-state index in [-0.39, 0.29) is 0 Å². The monoisotopic (exact) mass is 261 g/mol. The Bertz CT molecular complexity index is 430. The maximum atomic E-state index is 8.36. The molecule has 0 aromatic heterocycles. The summed E-state index contributed by atoms with van der Waals surface area (Å²) in [5.74, 6) is 0. The van der Waals surface area contributed by atoms with Gasteiger partial charge in [-0.05, 0) is 11.1 Å². The van der Waals surface area contributed by atoms with Gasteiger partial charge in [0.2, 0.25) is 0 Å². The van der Waals surface area contributed by atoms with Gasteiger partial charge in [-0.1, -0.05) is 60.7 Å². The predicted molar refractivity (Wildman–Crippen MR) is 70.2 cm³/mol. The molecule has 0 aliphatic carbocycles. The minimum Gasteiger partial charge on any atom is -0.372 e. The van der Waals surface area contributed by atoms with Crippen LogP contribution in [0.3, 0.4) is 0 Å². The molecule has 2 aromatic carbocycles. The lowest BCUT2D eigenvalue weighted by atomic mass is 10.2. The number of nitrogens with zero attached hydrogens (tertiary/aromatic N) is 1. The Morgan fingerprint density at radius 2 is 1.21 bits per heavy atom. The van der Waals surface area contributed by atoms with E-state index >= 15 is 0 Å². The van der Waals surface area contributed by atoms with Crippen molar-refractivity contribution in [1.82, 2.24) is 0 Å². The van der Waals surface area contributed by atoms with Crippen LogP contribution < -0.4 is 0 Å². The van der Waals surface area contributed by atoms with Crippen molar-refractivity contribution in [2.45, 2.75) is 13.2 Å². The Morgan fingerprint density at radius 3 is 1.53 bits per heavy atom. The Kier molecular flexibility index (Phi) is 6.68. The van der Waals surface area contributed by atoms with Gasteiger partial charge in [-0.3, -0.25) is 0 Å². The molecule has 100 valence electrons. The summed E-state index contributed by atoms with van der Waals surface area (Å²) >= 11 is 0. The second-order valence-electron chi connectivity index (χ2n) is 3.70. The van der Waals surface area contributed by atoms with E-state index in [4.69, 9.17) is 20.1 Å². The molecule has 19 heavy (non-hydrogen) atoms. The third-order valence-corrected chi connectivity index (χ3v) is 2.22. The van der Waals surface area contributed by atoms with Gasteiger partial charge in [-0.15, -0.1) is 10.1 Å². The van der Waals surface area contributed by atoms with Gasteiger partial charge in [0.1, 0.15) is 0 Å². The van der Waals surface area contributed by atoms with Crippen LogP contribution in [0.2, 0.25) is 0 Å². The van der Waals surface area contributed by atoms with Crippen LogP contribution in [0.4, 0.5) is 0 Å². The molecule has 0 fully saturated rings. The highest BCUT2D eigenvalue weighted by Crippen LogP contribution is 2.05. The summed E-state index contributed by atoms with van der Waals surface area (Å²) < 4.78 is 5.61. The van der Waals surface area contributed by atoms with Crippen LogP contribution in [0, 0.1) is 10.1 Å². The zero-order valence-corrected chi connectivity index (χ0v) is 10.3. The minimum atomic E-state index is -1.50. The second-order valence-corrected chi connectivity index (χ2v) is 3.70. The fourth-order valence-corrected chi connectivity index (χ4v) is 1.44. The minimum absolute atomic E-state index is 0.676. The lowest BCUT2D eigenvalue weighted by Crippen LogP contribution is -1.93. The maximum absolute atomic E-state index is 8.36. The Labute approximate surface area is 111 Å². The van der Waals surface area contributed by atoms with Crippen LogP contribution in [0.15, 0.2) is 60.7 Å². The molecule has 0 heterocycles. The van der Waals surface area contributed by atoms with Crippen LogP contribution in [0.1, 0.15) is 11.1 Å². The molecule has 2 aromatic rings. The topological polar surface area (TPSA) is 72.6 Å². The van der Waals surface area contributed by atoms with E-state index < -0.39 is 5.09 Å². The highest BCUT2D eigenvalue weighted by atomic mass is 16.9. The van der Waals surface area contributed by atoms with Gasteiger partial charge in [0.05, 0.1) is 13.2 Å². The van der Waals surface area contributed by atoms with Crippen molar-refractivity contribution < 1.29 is 15.0 Å². The van der Waals surface area contributed by atoms with Gasteiger partial charge in [0.15, 0.2) is 0 Å². The second kappa shape index (κ2) is 8.66. The number of rotatable bonds is 4. The van der Waals surface area contributed by atoms with Gasteiger partial charge < -0.3 is 9.94 Å². The smallest absolute Gasteiger partial charge is 0.291 e. The van der Waals surface area contributed by atoms with Crippen LogP contribution in [-0.4, -0.2) is 10.3 Å². The molecule has 0 unspecified atom stereocenters. The summed E-state index contributed by atoms with van der Waals surface area (Å²) in [7, 11) is 0. The summed E-state index contributed by atoms with van der Waals surface area (Å²) in [5.41, 5.74) is 2.43. The van der Waals surface area contributed by atoms with Crippen LogP contribution in [0.25, 0.3) is 0 Å². The third-order valence-electron chi connectivity index (χ3n) is 2.22. The molecule has 0 saturated heterocycles. The molecule has 0 saturated carbocycles. The fourth-order valence-electron chi connectivity index (χ4n) is 1.44. The van der Waals surface area contributed by atoms with E-state index in [0.717, 1.165) is 0 Å². The summed E-state index contributed by atoms with van der Waals surface area (Å²) in [6.07, 6.45) is 0. The molecule has 0 aliphatic heterocycles. The van der Waals surface area contributed by atoms with Gasteiger partial charge >= 0.3 is 0 Å². The fraction of sp³-hybridized carbons (Fsp3) is 0.143. The summed E-state index contributed by atoms with van der Waals surface area (Å²) in [6.45, 7) is 1.35. The molecule has 0 amide bonds. The maximum Gasteiger partial charge on any atom is 0.291 e. The zero-order valence-electron chi connectivity index (χ0n) is 10.3. The van der Waals surface area contributed by atoms with Crippen molar-refractivity contribution in [3.8, 4) is 0 Å². The largest absolute Gasteiger partial charge is 0.372 e. The molecule has 0 radical (unpaired) electrons. The molecule has 0 bridgehead atoms. The summed E-state index contributed by atoms with van der Waals surface area (Å²) in [4.78, 5) is 8.36. The number of hydrogen-bond donors (Lipinski definition) is 1. The lowest BCUT2D eigenvalue weighted by Gasteiger charge is -2.03. The molecule has 0 aliphatic rings. The first-order valence-corrected chi connectivity index (χ1v) is 5.67. The molecule has 1 N–H and O–H groups in total. The molecule has 5 nitrogen and oxygen atoms in total. The van der Waals surface area contributed by atoms with Crippen LogP contribution in [0.5, 0.6) is 0 Å². The average Bonchev–Trinajstić information content (AvgIpc) is 2.41. The van der Waals surface area contributed by atoms with Crippen molar-refractivity contribution in [2.24, 2.45) is 0 Å². The van der Waals surface area contributed by atoms with Crippen molar-refractivity contribution >= 4 is 0 Å². The molecule has 0 spiro atoms. The van der Waals surface area contributed by atoms with Crippen molar-refractivity contribution in [3.63, 3.8) is 0 Å². The molecule has 0 atom stereocenters. The van der Waals surface area contributed by atoms with Gasteiger partial charge in [-0.25, -0.2) is 0 Å². The van der Waals surface area contributed by atoms with Crippen LogP contribution >= 0.6 is 0 Å². The van der Waals surface area contributed by atoms with E-state index in [1.165, 1.54) is 11.1 Å². The summed E-state index contributed by atoms with van der Waals surface area (Å²) in [5, 5.41) is 13.6.